The van der Waals surface area contributed by atoms with Crippen LogP contribution in [0.5, 0.6) is 0 Å². The van der Waals surface area contributed by atoms with Gasteiger partial charge in [0.05, 0.1) is 13.0 Å². The molecule has 0 aliphatic heterocycles. The van der Waals surface area contributed by atoms with E-state index < -0.39 is 0 Å². The van der Waals surface area contributed by atoms with Gasteiger partial charge in [-0.3, -0.25) is 4.79 Å². The molecule has 104 valence electrons. The first-order valence-corrected chi connectivity index (χ1v) is 7.44. The molecule has 2 rings (SSSR count). The van der Waals surface area contributed by atoms with Crippen LogP contribution in [0.2, 0.25) is 0 Å². The van der Waals surface area contributed by atoms with Crippen LogP contribution < -0.4 is 0 Å². The molecule has 1 atom stereocenters. The normalized spacial score (nSPS) is 16.7. The van der Waals surface area contributed by atoms with E-state index in [9.17, 15) is 4.79 Å². The summed E-state index contributed by atoms with van der Waals surface area (Å²) in [5.41, 5.74) is 2.58. The molecule has 1 aliphatic rings. The number of esters is 1. The van der Waals surface area contributed by atoms with Crippen molar-refractivity contribution in [3.63, 3.8) is 0 Å². The van der Waals surface area contributed by atoms with E-state index >= 15 is 0 Å². The van der Waals surface area contributed by atoms with Crippen LogP contribution in [0.25, 0.3) is 0 Å². The van der Waals surface area contributed by atoms with E-state index in [1.807, 2.05) is 6.07 Å². The summed E-state index contributed by atoms with van der Waals surface area (Å²) in [6.07, 6.45) is 6.92. The molecule has 2 nitrogen and oxygen atoms in total. The van der Waals surface area contributed by atoms with Gasteiger partial charge in [0.15, 0.2) is 0 Å². The van der Waals surface area contributed by atoms with E-state index in [-0.39, 0.29) is 11.9 Å². The van der Waals surface area contributed by atoms with Crippen LogP contribution in [0.15, 0.2) is 24.3 Å². The SMILES string of the molecule is CCCCC(C(=O)OC)c1ccccc1C1CCC1. The summed E-state index contributed by atoms with van der Waals surface area (Å²) in [6.45, 7) is 2.16. The monoisotopic (exact) mass is 260 g/mol. The Morgan fingerprint density at radius 1 is 1.37 bits per heavy atom. The van der Waals surface area contributed by atoms with E-state index in [1.54, 1.807) is 0 Å². The van der Waals surface area contributed by atoms with Crippen molar-refractivity contribution in [3.05, 3.63) is 35.4 Å². The number of hydrogen-bond acceptors (Lipinski definition) is 2. The molecule has 2 heteroatoms. The van der Waals surface area contributed by atoms with Gasteiger partial charge in [0.25, 0.3) is 0 Å². The fourth-order valence-electron chi connectivity index (χ4n) is 2.87. The lowest BCUT2D eigenvalue weighted by Gasteiger charge is -2.29. The van der Waals surface area contributed by atoms with Gasteiger partial charge in [-0.05, 0) is 36.3 Å². The van der Waals surface area contributed by atoms with Gasteiger partial charge in [-0.15, -0.1) is 0 Å². The Balaban J connectivity index is 2.26. The largest absolute Gasteiger partial charge is 0.469 e. The summed E-state index contributed by atoms with van der Waals surface area (Å²) in [6, 6.07) is 8.44. The van der Waals surface area contributed by atoms with E-state index in [0.29, 0.717) is 5.92 Å². The van der Waals surface area contributed by atoms with Gasteiger partial charge >= 0.3 is 5.97 Å². The number of rotatable bonds is 6. The van der Waals surface area contributed by atoms with Crippen molar-refractivity contribution in [2.75, 3.05) is 7.11 Å². The summed E-state index contributed by atoms with van der Waals surface area (Å²) >= 11 is 0. The van der Waals surface area contributed by atoms with Crippen LogP contribution in [0, 0.1) is 0 Å². The molecule has 0 bridgehead atoms. The first-order valence-electron chi connectivity index (χ1n) is 7.44. The van der Waals surface area contributed by atoms with Crippen molar-refractivity contribution in [2.45, 2.75) is 57.3 Å². The molecular formula is C17H24O2. The van der Waals surface area contributed by atoms with Crippen molar-refractivity contribution in [3.8, 4) is 0 Å². The highest BCUT2D eigenvalue weighted by molar-refractivity contribution is 5.78. The van der Waals surface area contributed by atoms with Crippen LogP contribution in [0.3, 0.4) is 0 Å². The van der Waals surface area contributed by atoms with E-state index in [2.05, 4.69) is 25.1 Å². The third kappa shape index (κ3) is 3.17. The average molecular weight is 260 g/mol. The summed E-state index contributed by atoms with van der Waals surface area (Å²) in [5.74, 6) is 0.493. The second kappa shape index (κ2) is 6.74. The van der Waals surface area contributed by atoms with Crippen LogP contribution in [-0.4, -0.2) is 13.1 Å². The lowest BCUT2D eigenvalue weighted by molar-refractivity contribution is -0.142. The maximum atomic E-state index is 12.1. The summed E-state index contributed by atoms with van der Waals surface area (Å²) < 4.78 is 5.01. The molecule has 1 unspecified atom stereocenters. The Kier molecular flexibility index (Phi) is 5.00. The molecule has 1 aromatic rings. The summed E-state index contributed by atoms with van der Waals surface area (Å²) in [5, 5.41) is 0. The quantitative estimate of drug-likeness (QED) is 0.709. The van der Waals surface area contributed by atoms with Crippen molar-refractivity contribution in [1.82, 2.24) is 0 Å². The number of hydrogen-bond donors (Lipinski definition) is 0. The molecular weight excluding hydrogens is 236 g/mol. The maximum absolute atomic E-state index is 12.1. The van der Waals surface area contributed by atoms with Crippen LogP contribution in [0.4, 0.5) is 0 Å². The predicted molar refractivity (Wildman–Crippen MR) is 77.3 cm³/mol. The highest BCUT2D eigenvalue weighted by atomic mass is 16.5. The molecule has 1 saturated carbocycles. The van der Waals surface area contributed by atoms with Crippen LogP contribution >= 0.6 is 0 Å². The number of unbranched alkanes of at least 4 members (excludes halogenated alkanes) is 1. The van der Waals surface area contributed by atoms with Gasteiger partial charge in [-0.1, -0.05) is 50.5 Å². The zero-order valence-electron chi connectivity index (χ0n) is 12.0. The van der Waals surface area contributed by atoms with E-state index in [0.717, 1.165) is 19.3 Å². The minimum atomic E-state index is -0.0831. The molecule has 0 amide bonds. The molecule has 19 heavy (non-hydrogen) atoms. The second-order valence-electron chi connectivity index (χ2n) is 5.47. The van der Waals surface area contributed by atoms with Crippen LogP contribution in [0.1, 0.15) is 68.4 Å². The van der Waals surface area contributed by atoms with Crippen molar-refractivity contribution < 1.29 is 9.53 Å². The third-order valence-corrected chi connectivity index (χ3v) is 4.25. The van der Waals surface area contributed by atoms with Crippen molar-refractivity contribution in [2.24, 2.45) is 0 Å². The molecule has 1 fully saturated rings. The zero-order chi connectivity index (χ0) is 13.7. The zero-order valence-corrected chi connectivity index (χ0v) is 12.0. The number of benzene rings is 1. The number of methoxy groups -OCH3 is 1. The highest BCUT2D eigenvalue weighted by Crippen LogP contribution is 2.40. The lowest BCUT2D eigenvalue weighted by Crippen LogP contribution is -2.19. The first-order chi connectivity index (χ1) is 9.27. The van der Waals surface area contributed by atoms with E-state index in [4.69, 9.17) is 4.74 Å². The van der Waals surface area contributed by atoms with Gasteiger partial charge in [-0.2, -0.15) is 0 Å². The molecule has 1 aliphatic carbocycles. The topological polar surface area (TPSA) is 26.3 Å². The number of ether oxygens (including phenoxy) is 1. The highest BCUT2D eigenvalue weighted by Gasteiger charge is 2.28. The fourth-order valence-corrected chi connectivity index (χ4v) is 2.87. The van der Waals surface area contributed by atoms with E-state index in [1.165, 1.54) is 37.5 Å². The van der Waals surface area contributed by atoms with Crippen molar-refractivity contribution in [1.29, 1.82) is 0 Å². The molecule has 0 spiro atoms. The van der Waals surface area contributed by atoms with Crippen LogP contribution in [-0.2, 0) is 9.53 Å². The van der Waals surface area contributed by atoms with Gasteiger partial charge in [-0.25, -0.2) is 0 Å². The molecule has 0 radical (unpaired) electrons. The minimum Gasteiger partial charge on any atom is -0.469 e. The smallest absolute Gasteiger partial charge is 0.313 e. The number of carbonyl (C=O) groups is 1. The van der Waals surface area contributed by atoms with Gasteiger partial charge in [0, 0.05) is 0 Å². The first kappa shape index (κ1) is 14.1. The number of carbonyl (C=O) groups excluding carboxylic acids is 1. The average Bonchev–Trinajstić information content (AvgIpc) is 2.38. The standard InChI is InChI=1S/C17H24O2/c1-3-4-10-16(17(18)19-2)15-12-6-5-11-14(15)13-8-7-9-13/h5-6,11-13,16H,3-4,7-10H2,1-2H3. The molecule has 1 aromatic carbocycles. The third-order valence-electron chi connectivity index (χ3n) is 4.25. The van der Waals surface area contributed by atoms with Gasteiger partial charge in [0.2, 0.25) is 0 Å². The van der Waals surface area contributed by atoms with Gasteiger partial charge < -0.3 is 4.74 Å². The molecule has 0 saturated heterocycles. The Morgan fingerprint density at radius 2 is 2.11 bits per heavy atom. The Morgan fingerprint density at radius 3 is 2.68 bits per heavy atom. The predicted octanol–water partition coefficient (Wildman–Crippen LogP) is 4.40. The van der Waals surface area contributed by atoms with Gasteiger partial charge in [0.1, 0.15) is 0 Å². The Hall–Kier alpha value is -1.31. The Labute approximate surface area is 116 Å². The summed E-state index contributed by atoms with van der Waals surface area (Å²) in [7, 11) is 1.49. The second-order valence-corrected chi connectivity index (χ2v) is 5.47. The summed E-state index contributed by atoms with van der Waals surface area (Å²) in [4.78, 5) is 12.1. The molecule has 0 heterocycles. The lowest BCUT2D eigenvalue weighted by atomic mass is 9.75. The molecule has 0 aromatic heterocycles. The molecule has 0 N–H and O–H groups in total. The minimum absolute atomic E-state index is 0.0817. The Bertz CT molecular complexity index is 421. The fraction of sp³-hybridized carbons (Fsp3) is 0.588. The maximum Gasteiger partial charge on any atom is 0.313 e. The van der Waals surface area contributed by atoms with Crippen molar-refractivity contribution >= 4 is 5.97 Å².